The van der Waals surface area contributed by atoms with Gasteiger partial charge in [-0.05, 0) is 45.0 Å². The summed E-state index contributed by atoms with van der Waals surface area (Å²) in [5.41, 5.74) is 1.18. The fraction of sp³-hybridized carbons (Fsp3) is 0.412. The maximum Gasteiger partial charge on any atom is 0.410 e. The van der Waals surface area contributed by atoms with Crippen molar-refractivity contribution >= 4 is 17.6 Å². The number of aromatic nitrogens is 2. The Balaban J connectivity index is 1.68. The van der Waals surface area contributed by atoms with Crippen LogP contribution >= 0.6 is 0 Å². The third-order valence-corrected chi connectivity index (χ3v) is 3.57. The second kappa shape index (κ2) is 6.14. The number of hydrogen-bond donors (Lipinski definition) is 1. The van der Waals surface area contributed by atoms with E-state index in [4.69, 9.17) is 4.74 Å². The molecule has 0 saturated heterocycles. The molecule has 2 heterocycles. The van der Waals surface area contributed by atoms with E-state index in [9.17, 15) is 9.18 Å². The summed E-state index contributed by atoms with van der Waals surface area (Å²) in [5.74, 6) is 0.389. The van der Waals surface area contributed by atoms with E-state index in [1.54, 1.807) is 17.0 Å². The molecule has 2 aromatic rings. The van der Waals surface area contributed by atoms with E-state index >= 15 is 0 Å². The SMILES string of the molecule is CC(C)(C)OC(=O)N1CCn2nc(Nc3ccc(F)cc3)cc2C1. The first kappa shape index (κ1) is 16.3. The maximum atomic E-state index is 13.0. The number of anilines is 2. The van der Waals surface area contributed by atoms with Crippen LogP contribution in [0, 0.1) is 5.82 Å². The lowest BCUT2D eigenvalue weighted by Gasteiger charge is -2.30. The van der Waals surface area contributed by atoms with E-state index < -0.39 is 5.60 Å². The molecule has 6 nitrogen and oxygen atoms in total. The molecule has 1 aromatic heterocycles. The summed E-state index contributed by atoms with van der Waals surface area (Å²) in [6, 6.07) is 7.98. The molecule has 3 rings (SSSR count). The molecule has 0 fully saturated rings. The molecule has 0 atom stereocenters. The number of carbonyl (C=O) groups excluding carboxylic acids is 1. The number of amides is 1. The molecule has 24 heavy (non-hydrogen) atoms. The van der Waals surface area contributed by atoms with Crippen molar-refractivity contribution < 1.29 is 13.9 Å². The average molecular weight is 332 g/mol. The molecule has 128 valence electrons. The quantitative estimate of drug-likeness (QED) is 0.914. The largest absolute Gasteiger partial charge is 0.444 e. The van der Waals surface area contributed by atoms with Crippen LogP contribution in [0.3, 0.4) is 0 Å². The zero-order chi connectivity index (χ0) is 17.3. The minimum Gasteiger partial charge on any atom is -0.444 e. The molecular weight excluding hydrogens is 311 g/mol. The van der Waals surface area contributed by atoms with Crippen LogP contribution in [0.25, 0.3) is 0 Å². The molecule has 0 spiro atoms. The first-order valence-electron chi connectivity index (χ1n) is 7.87. The van der Waals surface area contributed by atoms with Gasteiger partial charge in [0.25, 0.3) is 0 Å². The molecular formula is C17H21FN4O2. The normalized spacial score (nSPS) is 14.2. The number of ether oxygens (including phenoxy) is 1. The van der Waals surface area contributed by atoms with E-state index in [0.29, 0.717) is 25.5 Å². The summed E-state index contributed by atoms with van der Waals surface area (Å²) >= 11 is 0. The number of fused-ring (bicyclic) bond motifs is 1. The summed E-state index contributed by atoms with van der Waals surface area (Å²) in [7, 11) is 0. The molecule has 1 N–H and O–H groups in total. The van der Waals surface area contributed by atoms with Gasteiger partial charge in [-0.15, -0.1) is 0 Å². The lowest BCUT2D eigenvalue weighted by atomic mass is 10.2. The van der Waals surface area contributed by atoms with E-state index in [-0.39, 0.29) is 11.9 Å². The van der Waals surface area contributed by atoms with Crippen molar-refractivity contribution in [3.63, 3.8) is 0 Å². The summed E-state index contributed by atoms with van der Waals surface area (Å²) in [6.45, 7) is 7.17. The number of hydrogen-bond acceptors (Lipinski definition) is 4. The van der Waals surface area contributed by atoms with Crippen molar-refractivity contribution in [2.24, 2.45) is 0 Å². The molecule has 0 bridgehead atoms. The molecule has 1 aliphatic heterocycles. The number of nitrogens with zero attached hydrogens (tertiary/aromatic N) is 3. The Morgan fingerprint density at radius 3 is 2.62 bits per heavy atom. The molecule has 0 saturated carbocycles. The third kappa shape index (κ3) is 3.84. The topological polar surface area (TPSA) is 59.4 Å². The smallest absolute Gasteiger partial charge is 0.410 e. The predicted octanol–water partition coefficient (Wildman–Crippen LogP) is 3.52. The van der Waals surface area contributed by atoms with Gasteiger partial charge < -0.3 is 15.0 Å². The van der Waals surface area contributed by atoms with Crippen LogP contribution in [0.2, 0.25) is 0 Å². The molecule has 0 radical (unpaired) electrons. The van der Waals surface area contributed by atoms with Gasteiger partial charge >= 0.3 is 6.09 Å². The van der Waals surface area contributed by atoms with Crippen LogP contribution in [-0.4, -0.2) is 32.9 Å². The van der Waals surface area contributed by atoms with Gasteiger partial charge in [-0.1, -0.05) is 0 Å². The Kier molecular flexibility index (Phi) is 4.17. The van der Waals surface area contributed by atoms with E-state index in [1.807, 2.05) is 31.5 Å². The lowest BCUT2D eigenvalue weighted by Crippen LogP contribution is -2.41. The molecule has 0 unspecified atom stereocenters. The average Bonchev–Trinajstić information content (AvgIpc) is 2.89. The van der Waals surface area contributed by atoms with Crippen LogP contribution in [0.5, 0.6) is 0 Å². The van der Waals surface area contributed by atoms with Gasteiger partial charge in [0.2, 0.25) is 0 Å². The fourth-order valence-electron chi connectivity index (χ4n) is 2.49. The second-order valence-electron chi connectivity index (χ2n) is 6.78. The highest BCUT2D eigenvalue weighted by atomic mass is 19.1. The minimum absolute atomic E-state index is 0.280. The zero-order valence-corrected chi connectivity index (χ0v) is 14.0. The molecule has 1 aliphatic rings. The zero-order valence-electron chi connectivity index (χ0n) is 14.0. The summed E-state index contributed by atoms with van der Waals surface area (Å²) in [5, 5.41) is 7.61. The van der Waals surface area contributed by atoms with Gasteiger partial charge in [-0.25, -0.2) is 9.18 Å². The van der Waals surface area contributed by atoms with Crippen LogP contribution in [0.4, 0.5) is 20.7 Å². The molecule has 1 amide bonds. The van der Waals surface area contributed by atoms with Crippen molar-refractivity contribution in [1.29, 1.82) is 0 Å². The summed E-state index contributed by atoms with van der Waals surface area (Å²) < 4.78 is 20.2. The Hall–Kier alpha value is -2.57. The highest BCUT2D eigenvalue weighted by molar-refractivity contribution is 5.68. The monoisotopic (exact) mass is 332 g/mol. The number of halogens is 1. The summed E-state index contributed by atoms with van der Waals surface area (Å²) in [6.07, 6.45) is -0.317. The van der Waals surface area contributed by atoms with Crippen LogP contribution < -0.4 is 5.32 Å². The standard InChI is InChI=1S/C17H21FN4O2/c1-17(2,3)24-16(23)21-8-9-22-14(11-21)10-15(20-22)19-13-6-4-12(18)5-7-13/h4-7,10H,8-9,11H2,1-3H3,(H,19,20). The Morgan fingerprint density at radius 2 is 1.96 bits per heavy atom. The predicted molar refractivity (Wildman–Crippen MR) is 88.6 cm³/mol. The third-order valence-electron chi connectivity index (χ3n) is 3.57. The van der Waals surface area contributed by atoms with Crippen molar-refractivity contribution in [3.8, 4) is 0 Å². The Bertz CT molecular complexity index is 734. The number of rotatable bonds is 2. The van der Waals surface area contributed by atoms with Gasteiger partial charge in [0.1, 0.15) is 11.4 Å². The first-order chi connectivity index (χ1) is 11.3. The number of nitrogens with one attached hydrogen (secondary N) is 1. The fourth-order valence-corrected chi connectivity index (χ4v) is 2.49. The Morgan fingerprint density at radius 1 is 1.25 bits per heavy atom. The van der Waals surface area contributed by atoms with Crippen molar-refractivity contribution in [2.45, 2.75) is 39.5 Å². The molecule has 0 aliphatic carbocycles. The lowest BCUT2D eigenvalue weighted by molar-refractivity contribution is 0.0194. The first-order valence-corrected chi connectivity index (χ1v) is 7.87. The maximum absolute atomic E-state index is 13.0. The summed E-state index contributed by atoms with van der Waals surface area (Å²) in [4.78, 5) is 13.8. The van der Waals surface area contributed by atoms with Gasteiger partial charge in [0, 0.05) is 18.3 Å². The van der Waals surface area contributed by atoms with E-state index in [2.05, 4.69) is 10.4 Å². The van der Waals surface area contributed by atoms with Gasteiger partial charge in [0.05, 0.1) is 18.8 Å². The van der Waals surface area contributed by atoms with Crippen molar-refractivity contribution in [3.05, 3.63) is 41.8 Å². The van der Waals surface area contributed by atoms with E-state index in [0.717, 1.165) is 11.4 Å². The van der Waals surface area contributed by atoms with Crippen molar-refractivity contribution in [2.75, 3.05) is 11.9 Å². The molecule has 7 heteroatoms. The minimum atomic E-state index is -0.510. The molecule has 1 aromatic carbocycles. The van der Waals surface area contributed by atoms with Crippen molar-refractivity contribution in [1.82, 2.24) is 14.7 Å². The number of benzene rings is 1. The van der Waals surface area contributed by atoms with Crippen LogP contribution in [-0.2, 0) is 17.8 Å². The number of carbonyl (C=O) groups is 1. The van der Waals surface area contributed by atoms with Gasteiger partial charge in [-0.2, -0.15) is 5.10 Å². The van der Waals surface area contributed by atoms with E-state index in [1.165, 1.54) is 12.1 Å². The van der Waals surface area contributed by atoms with Gasteiger partial charge in [0.15, 0.2) is 5.82 Å². The van der Waals surface area contributed by atoms with Crippen LogP contribution in [0.1, 0.15) is 26.5 Å². The highest BCUT2D eigenvalue weighted by Gasteiger charge is 2.26. The highest BCUT2D eigenvalue weighted by Crippen LogP contribution is 2.21. The second-order valence-corrected chi connectivity index (χ2v) is 6.78. The van der Waals surface area contributed by atoms with Crippen LogP contribution in [0.15, 0.2) is 30.3 Å². The van der Waals surface area contributed by atoms with Gasteiger partial charge in [-0.3, -0.25) is 4.68 Å². The Labute approximate surface area is 140 Å².